The number of benzene rings is 2. The average Bonchev–Trinajstić information content (AvgIpc) is 3.35. The van der Waals surface area contributed by atoms with E-state index in [-0.39, 0.29) is 18.3 Å². The molecule has 0 unspecified atom stereocenters. The maximum atomic E-state index is 13.5. The molecule has 2 heterocycles. The van der Waals surface area contributed by atoms with Crippen LogP contribution in [0.1, 0.15) is 29.2 Å². The molecule has 4 aromatic rings. The molecular weight excluding hydrogens is 471 g/mol. The Balaban J connectivity index is 0.00000272. The first kappa shape index (κ1) is 23.9. The molecule has 0 N–H and O–H groups in total. The summed E-state index contributed by atoms with van der Waals surface area (Å²) in [5.41, 5.74) is 2.75. The molecule has 31 heavy (non-hydrogen) atoms. The molecule has 0 spiro atoms. The number of hydrogen-bond acceptors (Lipinski definition) is 6. The SMILES string of the molecule is CCN(CC)CCN(C(=O)c1nc2ccccc2s1)c1nc2c(C)cc(Cl)cc2s1.Cl. The van der Waals surface area contributed by atoms with Gasteiger partial charge >= 0.3 is 0 Å². The van der Waals surface area contributed by atoms with Crippen molar-refractivity contribution >= 4 is 78.2 Å². The Morgan fingerprint density at radius 1 is 1.03 bits per heavy atom. The van der Waals surface area contributed by atoms with Gasteiger partial charge in [-0.2, -0.15) is 0 Å². The van der Waals surface area contributed by atoms with Crippen LogP contribution >= 0.6 is 46.7 Å². The Hall–Kier alpha value is -1.77. The van der Waals surface area contributed by atoms with Gasteiger partial charge in [0.15, 0.2) is 10.1 Å². The van der Waals surface area contributed by atoms with Crippen LogP contribution in [0.15, 0.2) is 36.4 Å². The summed E-state index contributed by atoms with van der Waals surface area (Å²) in [5.74, 6) is -0.105. The number of halogens is 2. The zero-order chi connectivity index (χ0) is 21.3. The highest BCUT2D eigenvalue weighted by atomic mass is 35.5. The van der Waals surface area contributed by atoms with E-state index in [0.29, 0.717) is 21.7 Å². The van der Waals surface area contributed by atoms with Gasteiger partial charge < -0.3 is 4.90 Å². The van der Waals surface area contributed by atoms with Gasteiger partial charge in [-0.15, -0.1) is 23.7 Å². The highest BCUT2D eigenvalue weighted by molar-refractivity contribution is 7.23. The van der Waals surface area contributed by atoms with Gasteiger partial charge in [0.1, 0.15) is 0 Å². The number of rotatable bonds is 7. The van der Waals surface area contributed by atoms with E-state index in [4.69, 9.17) is 16.6 Å². The lowest BCUT2D eigenvalue weighted by Gasteiger charge is -2.24. The number of amides is 1. The van der Waals surface area contributed by atoms with Crippen molar-refractivity contribution in [1.82, 2.24) is 14.9 Å². The van der Waals surface area contributed by atoms with E-state index in [1.165, 1.54) is 22.7 Å². The number of nitrogens with zero attached hydrogens (tertiary/aromatic N) is 4. The van der Waals surface area contributed by atoms with Crippen LogP contribution in [0.2, 0.25) is 5.02 Å². The lowest BCUT2D eigenvalue weighted by atomic mass is 10.2. The maximum Gasteiger partial charge on any atom is 0.289 e. The number of anilines is 1. The van der Waals surface area contributed by atoms with Crippen molar-refractivity contribution in [2.45, 2.75) is 20.8 Å². The molecular formula is C22H24Cl2N4OS2. The summed E-state index contributed by atoms with van der Waals surface area (Å²) in [6.07, 6.45) is 0. The van der Waals surface area contributed by atoms with Gasteiger partial charge in [0.2, 0.25) is 0 Å². The number of aryl methyl sites for hydroxylation is 1. The first-order valence-electron chi connectivity index (χ1n) is 9.96. The van der Waals surface area contributed by atoms with Crippen LogP contribution in [-0.4, -0.2) is 47.0 Å². The molecule has 4 rings (SSSR count). The number of carbonyl (C=O) groups excluding carboxylic acids is 1. The number of fused-ring (bicyclic) bond motifs is 2. The van der Waals surface area contributed by atoms with E-state index in [0.717, 1.165) is 45.6 Å². The molecule has 0 saturated heterocycles. The second kappa shape index (κ2) is 10.2. The van der Waals surface area contributed by atoms with Crippen molar-refractivity contribution in [2.75, 3.05) is 31.1 Å². The number of hydrogen-bond donors (Lipinski definition) is 0. The van der Waals surface area contributed by atoms with Gasteiger partial charge in [-0.05, 0) is 49.8 Å². The van der Waals surface area contributed by atoms with E-state index < -0.39 is 0 Å². The molecule has 9 heteroatoms. The summed E-state index contributed by atoms with van der Waals surface area (Å²) in [6, 6.07) is 11.7. The summed E-state index contributed by atoms with van der Waals surface area (Å²) in [4.78, 5) is 27.0. The van der Waals surface area contributed by atoms with E-state index >= 15 is 0 Å². The Bertz CT molecular complexity index is 1170. The zero-order valence-corrected chi connectivity index (χ0v) is 20.8. The fourth-order valence-corrected chi connectivity index (χ4v) is 5.76. The van der Waals surface area contributed by atoms with Gasteiger partial charge in [0, 0.05) is 18.1 Å². The highest BCUT2D eigenvalue weighted by Crippen LogP contribution is 2.34. The number of thiazole rings is 2. The van der Waals surface area contributed by atoms with Crippen molar-refractivity contribution in [3.63, 3.8) is 0 Å². The third kappa shape index (κ3) is 5.02. The lowest BCUT2D eigenvalue weighted by Crippen LogP contribution is -2.38. The van der Waals surface area contributed by atoms with E-state index in [9.17, 15) is 4.79 Å². The van der Waals surface area contributed by atoms with Crippen LogP contribution in [0.3, 0.4) is 0 Å². The Kier molecular flexibility index (Phi) is 7.88. The monoisotopic (exact) mass is 494 g/mol. The second-order valence-electron chi connectivity index (χ2n) is 7.04. The topological polar surface area (TPSA) is 49.3 Å². The van der Waals surface area contributed by atoms with Gasteiger partial charge in [-0.1, -0.05) is 48.9 Å². The lowest BCUT2D eigenvalue weighted by molar-refractivity contribution is 0.0983. The zero-order valence-electron chi connectivity index (χ0n) is 17.6. The minimum atomic E-state index is -0.105. The van der Waals surface area contributed by atoms with Crippen molar-refractivity contribution in [1.29, 1.82) is 0 Å². The Labute approximate surface area is 201 Å². The molecule has 0 bridgehead atoms. The molecule has 0 aliphatic rings. The van der Waals surface area contributed by atoms with E-state index in [1.54, 1.807) is 4.90 Å². The molecule has 164 valence electrons. The molecule has 0 radical (unpaired) electrons. The van der Waals surface area contributed by atoms with Crippen LogP contribution in [0.5, 0.6) is 0 Å². The van der Waals surface area contributed by atoms with Crippen LogP contribution < -0.4 is 4.90 Å². The molecule has 0 aliphatic carbocycles. The molecule has 5 nitrogen and oxygen atoms in total. The predicted molar refractivity (Wildman–Crippen MR) is 136 cm³/mol. The largest absolute Gasteiger partial charge is 0.302 e. The molecule has 0 atom stereocenters. The highest BCUT2D eigenvalue weighted by Gasteiger charge is 2.25. The van der Waals surface area contributed by atoms with Gasteiger partial charge in [-0.25, -0.2) is 9.97 Å². The van der Waals surface area contributed by atoms with E-state index in [2.05, 4.69) is 23.7 Å². The second-order valence-corrected chi connectivity index (χ2v) is 9.51. The predicted octanol–water partition coefficient (Wildman–Crippen LogP) is 6.28. The van der Waals surface area contributed by atoms with Crippen LogP contribution in [-0.2, 0) is 0 Å². The fourth-order valence-electron chi connectivity index (χ4n) is 3.40. The Morgan fingerprint density at radius 3 is 2.48 bits per heavy atom. The minimum absolute atomic E-state index is 0. The van der Waals surface area contributed by atoms with Crippen LogP contribution in [0.4, 0.5) is 5.13 Å². The molecule has 0 saturated carbocycles. The standard InChI is InChI=1S/C22H23ClN4OS2.ClH/c1-4-26(5-2)10-11-27(21(28)20-24-16-8-6-7-9-17(16)29-20)22-25-19-14(3)12-15(23)13-18(19)30-22;/h6-9,12-13H,4-5,10-11H2,1-3H3;1H. The van der Waals surface area contributed by atoms with Gasteiger partial charge in [-0.3, -0.25) is 9.69 Å². The summed E-state index contributed by atoms with van der Waals surface area (Å²) in [6.45, 7) is 9.47. The molecule has 2 aromatic heterocycles. The molecule has 2 aromatic carbocycles. The average molecular weight is 496 g/mol. The minimum Gasteiger partial charge on any atom is -0.302 e. The van der Waals surface area contributed by atoms with E-state index in [1.807, 2.05) is 43.3 Å². The normalized spacial score (nSPS) is 11.3. The molecule has 0 fully saturated rings. The number of aromatic nitrogens is 2. The van der Waals surface area contributed by atoms with Crippen molar-refractivity contribution in [3.05, 3.63) is 52.0 Å². The third-order valence-electron chi connectivity index (χ3n) is 5.13. The van der Waals surface area contributed by atoms with Crippen molar-refractivity contribution in [3.8, 4) is 0 Å². The van der Waals surface area contributed by atoms with Crippen LogP contribution in [0.25, 0.3) is 20.4 Å². The van der Waals surface area contributed by atoms with Gasteiger partial charge in [0.25, 0.3) is 5.91 Å². The number of carbonyl (C=O) groups is 1. The third-order valence-corrected chi connectivity index (χ3v) is 7.39. The van der Waals surface area contributed by atoms with Crippen LogP contribution in [0, 0.1) is 6.92 Å². The first-order chi connectivity index (χ1) is 14.5. The first-order valence-corrected chi connectivity index (χ1v) is 12.0. The summed E-state index contributed by atoms with van der Waals surface area (Å²) < 4.78 is 2.00. The summed E-state index contributed by atoms with van der Waals surface area (Å²) in [5, 5.41) is 1.86. The van der Waals surface area contributed by atoms with Crippen molar-refractivity contribution in [2.24, 2.45) is 0 Å². The molecule has 1 amide bonds. The fraction of sp³-hybridized carbons (Fsp3) is 0.318. The summed E-state index contributed by atoms with van der Waals surface area (Å²) in [7, 11) is 0. The Morgan fingerprint density at radius 2 is 1.77 bits per heavy atom. The quantitative estimate of drug-likeness (QED) is 0.303. The van der Waals surface area contributed by atoms with Crippen molar-refractivity contribution < 1.29 is 4.79 Å². The summed E-state index contributed by atoms with van der Waals surface area (Å²) >= 11 is 9.16. The smallest absolute Gasteiger partial charge is 0.289 e. The number of para-hydroxylation sites is 1. The maximum absolute atomic E-state index is 13.5. The number of likely N-dealkylation sites (N-methyl/N-ethyl adjacent to an activating group) is 1. The molecule has 0 aliphatic heterocycles. The van der Waals surface area contributed by atoms with Gasteiger partial charge in [0.05, 0.1) is 20.4 Å².